The first-order valence-corrected chi connectivity index (χ1v) is 11.1. The smallest absolute Gasteiger partial charge is 0.325 e. The highest BCUT2D eigenvalue weighted by Crippen LogP contribution is 2.66. The van der Waals surface area contributed by atoms with Crippen LogP contribution in [0.4, 0.5) is 11.4 Å². The number of carbonyl (C=O) groups is 3. The summed E-state index contributed by atoms with van der Waals surface area (Å²) in [5.74, 6) is -1.98. The number of likely N-dealkylation sites (N-methyl/N-ethyl adjacent to an activating group) is 1. The highest BCUT2D eigenvalue weighted by molar-refractivity contribution is 7.80. The van der Waals surface area contributed by atoms with E-state index in [9.17, 15) is 24.9 Å². The van der Waals surface area contributed by atoms with Gasteiger partial charge < -0.3 is 15.0 Å². The standard InChI is InChI=1S/C25H19N5O4S/c1-14-8-9-17-16(10-14)25(22(33)29(17)2)24(23(12-26,13-27)20(35)28-25)15-6-4-5-7-18(15)30(21(24)32)11-19(31)34-3/h4-10H,11H2,1-3H3,(H,28,35)/t24-,25+/m0/s1. The Bertz CT molecular complexity index is 1440. The normalized spacial score (nSPS) is 25.3. The zero-order chi connectivity index (χ0) is 25.3. The number of benzene rings is 2. The fourth-order valence-electron chi connectivity index (χ4n) is 5.83. The molecule has 0 aliphatic carbocycles. The average Bonchev–Trinajstić information content (AvgIpc) is 3.34. The third kappa shape index (κ3) is 2.25. The molecule has 0 aromatic heterocycles. The number of methoxy groups -OCH3 is 1. The third-order valence-corrected chi connectivity index (χ3v) is 7.73. The van der Waals surface area contributed by atoms with E-state index in [0.29, 0.717) is 16.9 Å². The van der Waals surface area contributed by atoms with Gasteiger partial charge in [0.15, 0.2) is 11.0 Å². The van der Waals surface area contributed by atoms with Crippen LogP contribution in [0.1, 0.15) is 16.7 Å². The maximum atomic E-state index is 14.6. The second-order valence-corrected chi connectivity index (χ2v) is 9.21. The number of fused-ring (bicyclic) bond motifs is 5. The Morgan fingerprint density at radius 3 is 2.43 bits per heavy atom. The lowest BCUT2D eigenvalue weighted by Gasteiger charge is -2.41. The van der Waals surface area contributed by atoms with Gasteiger partial charge in [-0.05, 0) is 24.6 Å². The minimum atomic E-state index is -2.23. The fourth-order valence-corrected chi connectivity index (χ4v) is 6.23. The number of thiocarbonyl (C=S) groups is 1. The summed E-state index contributed by atoms with van der Waals surface area (Å²) in [5, 5.41) is 24.0. The number of ether oxygens (including phenoxy) is 1. The van der Waals surface area contributed by atoms with Crippen LogP contribution >= 0.6 is 12.2 Å². The highest BCUT2D eigenvalue weighted by atomic mass is 32.1. The Kier molecular flexibility index (Phi) is 4.57. The van der Waals surface area contributed by atoms with Gasteiger partial charge in [0.05, 0.1) is 19.2 Å². The van der Waals surface area contributed by atoms with Crippen LogP contribution in [0.25, 0.3) is 0 Å². The molecular formula is C25H19N5O4S. The van der Waals surface area contributed by atoms with Crippen molar-refractivity contribution in [3.8, 4) is 12.1 Å². The number of aryl methyl sites for hydroxylation is 1. The zero-order valence-electron chi connectivity index (χ0n) is 19.1. The molecule has 0 bridgehead atoms. The van der Waals surface area contributed by atoms with Gasteiger partial charge in [0.25, 0.3) is 5.91 Å². The van der Waals surface area contributed by atoms with Gasteiger partial charge in [0.1, 0.15) is 11.5 Å². The molecule has 174 valence electrons. The number of nitriles is 2. The van der Waals surface area contributed by atoms with E-state index in [2.05, 4.69) is 5.32 Å². The Morgan fingerprint density at radius 2 is 1.77 bits per heavy atom. The van der Waals surface area contributed by atoms with Crippen LogP contribution in [0.2, 0.25) is 0 Å². The average molecular weight is 486 g/mol. The first-order chi connectivity index (χ1) is 16.7. The highest BCUT2D eigenvalue weighted by Gasteiger charge is 2.84. The molecule has 2 aromatic carbocycles. The minimum Gasteiger partial charge on any atom is -0.468 e. The number of nitrogens with zero attached hydrogens (tertiary/aromatic N) is 4. The van der Waals surface area contributed by atoms with E-state index in [1.54, 1.807) is 43.4 Å². The van der Waals surface area contributed by atoms with Crippen LogP contribution in [0.15, 0.2) is 42.5 Å². The van der Waals surface area contributed by atoms with Crippen molar-refractivity contribution < 1.29 is 19.1 Å². The summed E-state index contributed by atoms with van der Waals surface area (Å²) in [5.41, 5.74) is -3.88. The van der Waals surface area contributed by atoms with E-state index >= 15 is 0 Å². The summed E-state index contributed by atoms with van der Waals surface area (Å²) in [6, 6.07) is 15.9. The molecule has 10 heteroatoms. The van der Waals surface area contributed by atoms with Gasteiger partial charge >= 0.3 is 5.97 Å². The predicted molar refractivity (Wildman–Crippen MR) is 128 cm³/mol. The maximum absolute atomic E-state index is 14.6. The van der Waals surface area contributed by atoms with Crippen molar-refractivity contribution in [2.24, 2.45) is 5.41 Å². The molecule has 3 aliphatic heterocycles. The molecule has 1 saturated heterocycles. The monoisotopic (exact) mass is 485 g/mol. The van der Waals surface area contributed by atoms with Crippen molar-refractivity contribution in [3.63, 3.8) is 0 Å². The van der Waals surface area contributed by atoms with E-state index in [1.165, 1.54) is 16.9 Å². The number of anilines is 2. The van der Waals surface area contributed by atoms with E-state index in [0.717, 1.165) is 5.56 Å². The Hall–Kier alpha value is -4.28. The molecule has 3 heterocycles. The number of nitrogens with one attached hydrogen (secondary N) is 1. The van der Waals surface area contributed by atoms with Gasteiger partial charge in [-0.15, -0.1) is 0 Å². The van der Waals surface area contributed by atoms with E-state index < -0.39 is 40.7 Å². The number of esters is 1. The van der Waals surface area contributed by atoms with Crippen LogP contribution in [0, 0.1) is 35.0 Å². The minimum absolute atomic E-state index is 0.221. The lowest BCUT2D eigenvalue weighted by molar-refractivity contribution is -0.141. The molecule has 2 aromatic rings. The number of carbonyl (C=O) groups excluding carboxylic acids is 3. The van der Waals surface area contributed by atoms with Gasteiger partial charge in [-0.25, -0.2) is 0 Å². The lowest BCUT2D eigenvalue weighted by atomic mass is 9.53. The van der Waals surface area contributed by atoms with Crippen LogP contribution < -0.4 is 15.1 Å². The molecule has 0 radical (unpaired) electrons. The summed E-state index contributed by atoms with van der Waals surface area (Å²) in [7, 11) is 2.77. The molecule has 2 atom stereocenters. The summed E-state index contributed by atoms with van der Waals surface area (Å²) in [4.78, 5) is 43.4. The van der Waals surface area contributed by atoms with Crippen molar-refractivity contribution in [2.45, 2.75) is 17.9 Å². The van der Waals surface area contributed by atoms with Crippen LogP contribution in [0.5, 0.6) is 0 Å². The molecule has 3 aliphatic rings. The molecule has 0 unspecified atom stereocenters. The van der Waals surface area contributed by atoms with Gasteiger partial charge in [-0.3, -0.25) is 19.3 Å². The largest absolute Gasteiger partial charge is 0.468 e. The molecule has 1 N–H and O–H groups in total. The van der Waals surface area contributed by atoms with Gasteiger partial charge in [0, 0.05) is 24.0 Å². The molecule has 2 spiro atoms. The Morgan fingerprint density at radius 1 is 1.09 bits per heavy atom. The molecule has 35 heavy (non-hydrogen) atoms. The summed E-state index contributed by atoms with van der Waals surface area (Å²) < 4.78 is 4.80. The topological polar surface area (TPSA) is 127 Å². The maximum Gasteiger partial charge on any atom is 0.325 e. The number of hydrogen-bond acceptors (Lipinski definition) is 7. The molecule has 1 fully saturated rings. The first-order valence-electron chi connectivity index (χ1n) is 10.7. The van der Waals surface area contributed by atoms with Crippen LogP contribution in [-0.4, -0.2) is 43.5 Å². The first kappa shape index (κ1) is 22.5. The predicted octanol–water partition coefficient (Wildman–Crippen LogP) is 1.59. The number of para-hydroxylation sites is 1. The number of rotatable bonds is 2. The van der Waals surface area contributed by atoms with Gasteiger partial charge in [0.2, 0.25) is 11.3 Å². The van der Waals surface area contributed by atoms with Crippen LogP contribution in [0.3, 0.4) is 0 Å². The summed E-state index contributed by atoms with van der Waals surface area (Å²) in [6.07, 6.45) is 0. The van der Waals surface area contributed by atoms with Crippen molar-refractivity contribution in [1.29, 1.82) is 10.5 Å². The molecule has 2 amide bonds. The molecule has 0 saturated carbocycles. The summed E-state index contributed by atoms with van der Waals surface area (Å²) in [6.45, 7) is 1.38. The van der Waals surface area contributed by atoms with Crippen molar-refractivity contribution in [1.82, 2.24) is 5.32 Å². The van der Waals surface area contributed by atoms with Crippen molar-refractivity contribution in [2.75, 3.05) is 30.5 Å². The fraction of sp³-hybridized carbons (Fsp3) is 0.280. The Balaban J connectivity index is 1.97. The number of hydrogen-bond donors (Lipinski definition) is 1. The second-order valence-electron chi connectivity index (χ2n) is 8.80. The van der Waals surface area contributed by atoms with Crippen molar-refractivity contribution in [3.05, 3.63) is 59.2 Å². The second kappa shape index (κ2) is 7.11. The van der Waals surface area contributed by atoms with Gasteiger partial charge in [-0.2, -0.15) is 10.5 Å². The van der Waals surface area contributed by atoms with E-state index in [-0.39, 0.29) is 10.6 Å². The Labute approximate surface area is 206 Å². The van der Waals surface area contributed by atoms with Crippen molar-refractivity contribution >= 4 is 46.4 Å². The molecule has 5 rings (SSSR count). The lowest BCUT2D eigenvalue weighted by Crippen LogP contribution is -2.65. The van der Waals surface area contributed by atoms with Gasteiger partial charge in [-0.1, -0.05) is 48.1 Å². The molecular weight excluding hydrogens is 466 g/mol. The van der Waals surface area contributed by atoms with Crippen LogP contribution in [-0.2, 0) is 30.1 Å². The number of amides is 2. The summed E-state index contributed by atoms with van der Waals surface area (Å²) >= 11 is 5.57. The zero-order valence-corrected chi connectivity index (χ0v) is 19.9. The van der Waals surface area contributed by atoms with E-state index in [4.69, 9.17) is 17.0 Å². The quantitative estimate of drug-likeness (QED) is 0.502. The molecule has 9 nitrogen and oxygen atoms in total. The van der Waals surface area contributed by atoms with E-state index in [1.807, 2.05) is 25.1 Å². The SMILES string of the molecule is COC(=O)CN1C(=O)[C@@]2(c3ccccc31)C(C#N)(C#N)C(=S)N[C@]21C(=O)N(C)c2ccc(C)cc21. The third-order valence-electron chi connectivity index (χ3n) is 7.32.